The van der Waals surface area contributed by atoms with Gasteiger partial charge in [0.05, 0.1) is 6.10 Å². The van der Waals surface area contributed by atoms with Crippen LogP contribution in [0.5, 0.6) is 0 Å². The molecular formula is C18H20N2O3. The van der Waals surface area contributed by atoms with Gasteiger partial charge in [-0.2, -0.15) is 0 Å². The van der Waals surface area contributed by atoms with Gasteiger partial charge in [-0.3, -0.25) is 9.59 Å². The van der Waals surface area contributed by atoms with Crippen LogP contribution in [0.1, 0.15) is 24.2 Å². The molecule has 0 aliphatic carbocycles. The Hall–Kier alpha value is -2.66. The maximum absolute atomic E-state index is 11.8. The average Bonchev–Trinajstić information content (AvgIpc) is 2.60. The average molecular weight is 312 g/mol. The number of nitrogens with one attached hydrogen (secondary N) is 2. The number of carbonyl (C=O) groups is 2. The van der Waals surface area contributed by atoms with E-state index in [0.717, 1.165) is 12.0 Å². The normalized spacial score (nSPS) is 11.6. The lowest BCUT2D eigenvalue weighted by Gasteiger charge is -2.12. The van der Waals surface area contributed by atoms with Crippen molar-refractivity contribution in [2.24, 2.45) is 0 Å². The van der Waals surface area contributed by atoms with Gasteiger partial charge in [0.1, 0.15) is 0 Å². The molecule has 0 heterocycles. The van der Waals surface area contributed by atoms with Gasteiger partial charge in [0.2, 0.25) is 0 Å². The van der Waals surface area contributed by atoms with Crippen molar-refractivity contribution in [2.45, 2.75) is 19.4 Å². The van der Waals surface area contributed by atoms with E-state index in [2.05, 4.69) is 10.6 Å². The van der Waals surface area contributed by atoms with E-state index in [0.29, 0.717) is 11.3 Å². The number of rotatable bonds is 5. The number of carbonyl (C=O) groups excluding carboxylic acids is 2. The standard InChI is InChI=1S/C18H20N2O3/c1-2-13-8-10-15(11-9-13)20-18(23)17(22)19-12-16(21)14-6-4-3-5-7-14/h3-11,16,21H,2,12H2,1H3,(H,19,22)(H,20,23)/t16-/m1/s1. The van der Waals surface area contributed by atoms with Crippen LogP contribution in [0.25, 0.3) is 0 Å². The Morgan fingerprint density at radius 2 is 1.65 bits per heavy atom. The monoisotopic (exact) mass is 312 g/mol. The lowest BCUT2D eigenvalue weighted by atomic mass is 10.1. The van der Waals surface area contributed by atoms with E-state index < -0.39 is 17.9 Å². The third-order valence-corrected chi connectivity index (χ3v) is 3.47. The van der Waals surface area contributed by atoms with Crippen LogP contribution in [0.15, 0.2) is 54.6 Å². The van der Waals surface area contributed by atoms with Crippen LogP contribution in [-0.2, 0) is 16.0 Å². The fourth-order valence-corrected chi connectivity index (χ4v) is 2.07. The summed E-state index contributed by atoms with van der Waals surface area (Å²) in [6.45, 7) is 2.02. The molecule has 3 N–H and O–H groups in total. The molecule has 0 aliphatic heterocycles. The zero-order valence-corrected chi connectivity index (χ0v) is 13.0. The van der Waals surface area contributed by atoms with Crippen LogP contribution in [0.4, 0.5) is 5.69 Å². The van der Waals surface area contributed by atoms with Crippen LogP contribution in [0.2, 0.25) is 0 Å². The lowest BCUT2D eigenvalue weighted by Crippen LogP contribution is -2.37. The summed E-state index contributed by atoms with van der Waals surface area (Å²) >= 11 is 0. The molecule has 0 saturated heterocycles. The van der Waals surface area contributed by atoms with Crippen LogP contribution >= 0.6 is 0 Å². The Kier molecular flexibility index (Phi) is 5.88. The van der Waals surface area contributed by atoms with Gasteiger partial charge in [-0.25, -0.2) is 0 Å². The van der Waals surface area contributed by atoms with E-state index in [1.807, 2.05) is 25.1 Å². The second-order valence-corrected chi connectivity index (χ2v) is 5.14. The summed E-state index contributed by atoms with van der Waals surface area (Å²) in [4.78, 5) is 23.6. The Labute approximate surface area is 135 Å². The van der Waals surface area contributed by atoms with Crippen molar-refractivity contribution < 1.29 is 14.7 Å². The van der Waals surface area contributed by atoms with Crippen LogP contribution in [0.3, 0.4) is 0 Å². The first-order valence-electron chi connectivity index (χ1n) is 7.51. The van der Waals surface area contributed by atoms with Crippen LogP contribution in [0, 0.1) is 0 Å². The minimum atomic E-state index is -0.850. The summed E-state index contributed by atoms with van der Waals surface area (Å²) in [7, 11) is 0. The molecule has 0 radical (unpaired) electrons. The Morgan fingerprint density at radius 3 is 2.26 bits per heavy atom. The second-order valence-electron chi connectivity index (χ2n) is 5.14. The molecule has 120 valence electrons. The molecule has 2 aromatic rings. The Morgan fingerprint density at radius 1 is 1.00 bits per heavy atom. The van der Waals surface area contributed by atoms with E-state index >= 15 is 0 Å². The summed E-state index contributed by atoms with van der Waals surface area (Å²) < 4.78 is 0. The molecule has 23 heavy (non-hydrogen) atoms. The van der Waals surface area contributed by atoms with Gasteiger partial charge in [0.25, 0.3) is 0 Å². The smallest absolute Gasteiger partial charge is 0.313 e. The molecule has 1 atom stereocenters. The molecular weight excluding hydrogens is 292 g/mol. The highest BCUT2D eigenvalue weighted by Crippen LogP contribution is 2.11. The summed E-state index contributed by atoms with van der Waals surface area (Å²) in [5.41, 5.74) is 2.40. The molecule has 2 rings (SSSR count). The van der Waals surface area contributed by atoms with Crippen molar-refractivity contribution in [3.05, 3.63) is 65.7 Å². The van der Waals surface area contributed by atoms with E-state index in [1.54, 1.807) is 36.4 Å². The fourth-order valence-electron chi connectivity index (χ4n) is 2.07. The summed E-state index contributed by atoms with van der Waals surface area (Å²) in [5.74, 6) is -1.53. The molecule has 2 aromatic carbocycles. The fraction of sp³-hybridized carbons (Fsp3) is 0.222. The van der Waals surface area contributed by atoms with Crippen molar-refractivity contribution in [3.8, 4) is 0 Å². The van der Waals surface area contributed by atoms with Crippen LogP contribution in [-0.4, -0.2) is 23.5 Å². The quantitative estimate of drug-likeness (QED) is 0.739. The van der Waals surface area contributed by atoms with Gasteiger partial charge in [0.15, 0.2) is 0 Å². The minimum Gasteiger partial charge on any atom is -0.387 e. The molecule has 0 fully saturated rings. The van der Waals surface area contributed by atoms with Gasteiger partial charge in [-0.05, 0) is 29.7 Å². The van der Waals surface area contributed by atoms with E-state index in [9.17, 15) is 14.7 Å². The lowest BCUT2D eigenvalue weighted by molar-refractivity contribution is -0.136. The highest BCUT2D eigenvalue weighted by molar-refractivity contribution is 6.39. The zero-order chi connectivity index (χ0) is 16.7. The third-order valence-electron chi connectivity index (χ3n) is 3.47. The molecule has 5 nitrogen and oxygen atoms in total. The first-order valence-corrected chi connectivity index (χ1v) is 7.51. The summed E-state index contributed by atoms with van der Waals surface area (Å²) in [6.07, 6.45) is 0.0586. The third kappa shape index (κ3) is 4.93. The molecule has 0 aliphatic rings. The van der Waals surface area contributed by atoms with E-state index in [-0.39, 0.29) is 6.54 Å². The first kappa shape index (κ1) is 16.7. The molecule has 5 heteroatoms. The topological polar surface area (TPSA) is 78.4 Å². The zero-order valence-electron chi connectivity index (χ0n) is 13.0. The molecule has 0 bridgehead atoms. The van der Waals surface area contributed by atoms with Crippen molar-refractivity contribution >= 4 is 17.5 Å². The SMILES string of the molecule is CCc1ccc(NC(=O)C(=O)NC[C@@H](O)c2ccccc2)cc1. The maximum Gasteiger partial charge on any atom is 0.313 e. The minimum absolute atomic E-state index is 0.0228. The van der Waals surface area contributed by atoms with Crippen molar-refractivity contribution in [1.82, 2.24) is 5.32 Å². The maximum atomic E-state index is 11.8. The highest BCUT2D eigenvalue weighted by atomic mass is 16.3. The van der Waals surface area contributed by atoms with Gasteiger partial charge in [0, 0.05) is 12.2 Å². The highest BCUT2D eigenvalue weighted by Gasteiger charge is 2.15. The summed E-state index contributed by atoms with van der Waals surface area (Å²) in [6, 6.07) is 16.2. The van der Waals surface area contributed by atoms with Crippen molar-refractivity contribution in [1.29, 1.82) is 0 Å². The number of aliphatic hydroxyl groups excluding tert-OH is 1. The number of hydrogen-bond donors (Lipinski definition) is 3. The molecule has 2 amide bonds. The first-order chi connectivity index (χ1) is 11.1. The molecule has 0 saturated carbocycles. The molecule has 0 aromatic heterocycles. The number of benzene rings is 2. The van der Waals surface area contributed by atoms with E-state index in [1.165, 1.54) is 0 Å². The largest absolute Gasteiger partial charge is 0.387 e. The number of anilines is 1. The Balaban J connectivity index is 1.83. The second kappa shape index (κ2) is 8.10. The van der Waals surface area contributed by atoms with E-state index in [4.69, 9.17) is 0 Å². The van der Waals surface area contributed by atoms with Crippen molar-refractivity contribution in [3.63, 3.8) is 0 Å². The van der Waals surface area contributed by atoms with Gasteiger partial charge < -0.3 is 15.7 Å². The number of aryl methyl sites for hydroxylation is 1. The summed E-state index contributed by atoms with van der Waals surface area (Å²) in [5, 5.41) is 14.9. The van der Waals surface area contributed by atoms with Gasteiger partial charge in [-0.15, -0.1) is 0 Å². The van der Waals surface area contributed by atoms with Gasteiger partial charge >= 0.3 is 11.8 Å². The molecule has 0 spiro atoms. The predicted octanol–water partition coefficient (Wildman–Crippen LogP) is 2.04. The number of aliphatic hydroxyl groups is 1. The van der Waals surface area contributed by atoms with Gasteiger partial charge in [-0.1, -0.05) is 49.4 Å². The Bertz CT molecular complexity index is 654. The number of hydrogen-bond acceptors (Lipinski definition) is 3. The van der Waals surface area contributed by atoms with Crippen LogP contribution < -0.4 is 10.6 Å². The predicted molar refractivity (Wildman–Crippen MR) is 88.9 cm³/mol. The number of amides is 2. The molecule has 0 unspecified atom stereocenters. The van der Waals surface area contributed by atoms with Crippen molar-refractivity contribution in [2.75, 3.05) is 11.9 Å².